The van der Waals surface area contributed by atoms with Crippen molar-refractivity contribution >= 4 is 28.5 Å². The number of aromatic nitrogens is 1. The first kappa shape index (κ1) is 12.4. The molecule has 0 atom stereocenters. The van der Waals surface area contributed by atoms with Gasteiger partial charge in [0, 0.05) is 4.88 Å². The Hall–Kier alpha value is -1.63. The third kappa shape index (κ3) is 2.18. The Morgan fingerprint density at radius 1 is 1.26 bits per heavy atom. The predicted octanol–water partition coefficient (Wildman–Crippen LogP) is 1.76. The van der Waals surface area contributed by atoms with E-state index in [-0.39, 0.29) is 0 Å². The van der Waals surface area contributed by atoms with Gasteiger partial charge < -0.3 is 10.4 Å². The molecule has 0 bridgehead atoms. The Kier molecular flexibility index (Phi) is 2.93. The first-order chi connectivity index (χ1) is 9.09. The maximum atomic E-state index is 11.8. The van der Waals surface area contributed by atoms with Crippen LogP contribution < -0.4 is 10.6 Å². The summed E-state index contributed by atoms with van der Waals surface area (Å²) in [5, 5.41) is 14.9. The van der Waals surface area contributed by atoms with E-state index in [2.05, 4.69) is 15.6 Å². The van der Waals surface area contributed by atoms with Crippen LogP contribution >= 0.6 is 11.3 Å². The van der Waals surface area contributed by atoms with Crippen molar-refractivity contribution < 1.29 is 14.7 Å². The number of carbonyl (C=O) groups is 2. The van der Waals surface area contributed by atoms with Gasteiger partial charge in [-0.05, 0) is 38.5 Å². The summed E-state index contributed by atoms with van der Waals surface area (Å²) in [7, 11) is 0. The fourth-order valence-electron chi connectivity index (χ4n) is 2.51. The van der Waals surface area contributed by atoms with Gasteiger partial charge >= 0.3 is 12.0 Å². The molecule has 6 nitrogen and oxygen atoms in total. The molecular weight excluding hydrogens is 266 g/mol. The molecule has 0 saturated heterocycles. The molecule has 19 heavy (non-hydrogen) atoms. The lowest BCUT2D eigenvalue weighted by Crippen LogP contribution is -2.60. The van der Waals surface area contributed by atoms with Crippen LogP contribution in [0.4, 0.5) is 9.93 Å². The first-order valence-corrected chi connectivity index (χ1v) is 7.22. The van der Waals surface area contributed by atoms with Gasteiger partial charge in [-0.1, -0.05) is 0 Å². The highest BCUT2D eigenvalue weighted by Gasteiger charge is 2.45. The SMILES string of the molecule is O=C(Nc1nc2c(s1)CCC2)NC1(C(=O)O)CCC1. The Labute approximate surface area is 114 Å². The van der Waals surface area contributed by atoms with Crippen LogP contribution in [0, 0.1) is 0 Å². The number of nitrogens with one attached hydrogen (secondary N) is 2. The maximum Gasteiger partial charge on any atom is 0.329 e. The molecule has 0 aromatic carbocycles. The van der Waals surface area contributed by atoms with E-state index in [0.29, 0.717) is 18.0 Å². The second-order valence-corrected chi connectivity index (χ2v) is 6.15. The lowest BCUT2D eigenvalue weighted by atomic mass is 9.77. The lowest BCUT2D eigenvalue weighted by Gasteiger charge is -2.37. The van der Waals surface area contributed by atoms with Crippen molar-refractivity contribution in [2.75, 3.05) is 5.32 Å². The molecule has 2 aliphatic carbocycles. The number of carboxylic acid groups (broad SMARTS) is 1. The van der Waals surface area contributed by atoms with Crippen LogP contribution in [-0.2, 0) is 17.6 Å². The molecule has 1 aromatic rings. The topological polar surface area (TPSA) is 91.3 Å². The Morgan fingerprint density at radius 2 is 2.05 bits per heavy atom. The third-order valence-electron chi connectivity index (χ3n) is 3.79. The summed E-state index contributed by atoms with van der Waals surface area (Å²) in [5.41, 5.74) is -0.0127. The Morgan fingerprint density at radius 3 is 2.63 bits per heavy atom. The second kappa shape index (κ2) is 4.48. The van der Waals surface area contributed by atoms with Crippen LogP contribution in [0.5, 0.6) is 0 Å². The highest BCUT2D eigenvalue weighted by atomic mass is 32.1. The lowest BCUT2D eigenvalue weighted by molar-refractivity contribution is -0.148. The number of nitrogens with zero attached hydrogens (tertiary/aromatic N) is 1. The van der Waals surface area contributed by atoms with E-state index in [1.165, 1.54) is 16.2 Å². The molecule has 1 saturated carbocycles. The minimum atomic E-state index is -1.08. The van der Waals surface area contributed by atoms with Gasteiger partial charge in [-0.25, -0.2) is 14.6 Å². The molecule has 2 amide bonds. The molecule has 0 radical (unpaired) electrons. The molecule has 3 N–H and O–H groups in total. The van der Waals surface area contributed by atoms with E-state index in [4.69, 9.17) is 5.11 Å². The van der Waals surface area contributed by atoms with E-state index in [9.17, 15) is 9.59 Å². The van der Waals surface area contributed by atoms with Crippen molar-refractivity contribution in [3.63, 3.8) is 0 Å². The molecule has 2 aliphatic rings. The van der Waals surface area contributed by atoms with E-state index >= 15 is 0 Å². The zero-order valence-electron chi connectivity index (χ0n) is 10.4. The van der Waals surface area contributed by atoms with Gasteiger partial charge in [0.2, 0.25) is 0 Å². The normalized spacial score (nSPS) is 19.4. The zero-order valence-corrected chi connectivity index (χ0v) is 11.2. The molecule has 3 rings (SSSR count). The number of hydrogen-bond donors (Lipinski definition) is 3. The van der Waals surface area contributed by atoms with Gasteiger partial charge in [-0.2, -0.15) is 0 Å². The van der Waals surface area contributed by atoms with Gasteiger partial charge in [-0.15, -0.1) is 11.3 Å². The molecule has 7 heteroatoms. The highest BCUT2D eigenvalue weighted by molar-refractivity contribution is 7.15. The molecule has 0 spiro atoms. The number of urea groups is 1. The zero-order chi connectivity index (χ0) is 13.5. The minimum Gasteiger partial charge on any atom is -0.480 e. The number of fused-ring (bicyclic) bond motifs is 1. The van der Waals surface area contributed by atoms with Crippen LogP contribution in [0.25, 0.3) is 0 Å². The van der Waals surface area contributed by atoms with Crippen molar-refractivity contribution in [1.82, 2.24) is 10.3 Å². The van der Waals surface area contributed by atoms with Gasteiger partial charge in [-0.3, -0.25) is 5.32 Å². The molecular formula is C12H15N3O3S. The molecule has 1 fully saturated rings. The van der Waals surface area contributed by atoms with Crippen molar-refractivity contribution in [3.05, 3.63) is 10.6 Å². The second-order valence-electron chi connectivity index (χ2n) is 5.06. The average Bonchev–Trinajstić information content (AvgIpc) is 2.83. The van der Waals surface area contributed by atoms with E-state index in [1.54, 1.807) is 0 Å². The number of aliphatic carboxylic acids is 1. The number of carbonyl (C=O) groups excluding carboxylic acids is 1. The van der Waals surface area contributed by atoms with Crippen molar-refractivity contribution in [3.8, 4) is 0 Å². The van der Waals surface area contributed by atoms with E-state index in [0.717, 1.165) is 31.4 Å². The van der Waals surface area contributed by atoms with E-state index < -0.39 is 17.5 Å². The number of anilines is 1. The van der Waals surface area contributed by atoms with Crippen molar-refractivity contribution in [2.45, 2.75) is 44.1 Å². The maximum absolute atomic E-state index is 11.8. The summed E-state index contributed by atoms with van der Waals surface area (Å²) in [5.74, 6) is -0.962. The summed E-state index contributed by atoms with van der Waals surface area (Å²) in [6.45, 7) is 0. The predicted molar refractivity (Wildman–Crippen MR) is 70.5 cm³/mol. The fraction of sp³-hybridized carbons (Fsp3) is 0.583. The molecule has 0 aliphatic heterocycles. The van der Waals surface area contributed by atoms with Crippen LogP contribution in [-0.4, -0.2) is 27.6 Å². The van der Waals surface area contributed by atoms with Crippen molar-refractivity contribution in [2.24, 2.45) is 0 Å². The highest BCUT2D eigenvalue weighted by Crippen LogP contribution is 2.33. The van der Waals surface area contributed by atoms with Crippen LogP contribution in [0.15, 0.2) is 0 Å². The molecule has 102 valence electrons. The molecule has 1 aromatic heterocycles. The average molecular weight is 281 g/mol. The Balaban J connectivity index is 1.63. The number of carboxylic acids is 1. The standard InChI is InChI=1S/C12H15N3O3S/c16-9(17)12(5-2-6-12)15-10(18)14-11-13-7-3-1-4-8(7)19-11/h1-6H2,(H,16,17)(H2,13,14,15,18). The minimum absolute atomic E-state index is 0.477. The number of amides is 2. The largest absolute Gasteiger partial charge is 0.480 e. The van der Waals surface area contributed by atoms with Crippen LogP contribution in [0.2, 0.25) is 0 Å². The Bertz CT molecular complexity index is 515. The summed E-state index contributed by atoms with van der Waals surface area (Å²) in [6, 6.07) is -0.477. The van der Waals surface area contributed by atoms with Crippen LogP contribution in [0.3, 0.4) is 0 Å². The smallest absolute Gasteiger partial charge is 0.329 e. The number of rotatable bonds is 3. The summed E-state index contributed by atoms with van der Waals surface area (Å²) in [4.78, 5) is 28.6. The number of aryl methyl sites for hydroxylation is 2. The summed E-state index contributed by atoms with van der Waals surface area (Å²) in [6.07, 6.45) is 4.93. The van der Waals surface area contributed by atoms with Gasteiger partial charge in [0.15, 0.2) is 5.13 Å². The van der Waals surface area contributed by atoms with Gasteiger partial charge in [0.1, 0.15) is 5.54 Å². The monoisotopic (exact) mass is 281 g/mol. The number of thiazole rings is 1. The summed E-state index contributed by atoms with van der Waals surface area (Å²) >= 11 is 1.48. The van der Waals surface area contributed by atoms with Crippen molar-refractivity contribution in [1.29, 1.82) is 0 Å². The third-order valence-corrected chi connectivity index (χ3v) is 4.86. The first-order valence-electron chi connectivity index (χ1n) is 6.40. The molecule has 1 heterocycles. The summed E-state index contributed by atoms with van der Waals surface area (Å²) < 4.78 is 0. The molecule has 0 unspecified atom stereocenters. The van der Waals surface area contributed by atoms with E-state index in [1.807, 2.05) is 0 Å². The number of hydrogen-bond acceptors (Lipinski definition) is 4. The van der Waals surface area contributed by atoms with Crippen LogP contribution in [0.1, 0.15) is 36.3 Å². The quantitative estimate of drug-likeness (QED) is 0.787. The van der Waals surface area contributed by atoms with Gasteiger partial charge in [0.05, 0.1) is 5.69 Å². The van der Waals surface area contributed by atoms with Gasteiger partial charge in [0.25, 0.3) is 0 Å². The fourth-order valence-corrected chi connectivity index (χ4v) is 3.56.